The number of allylic oxidation sites excluding steroid dienone is 1. The van der Waals surface area contributed by atoms with Gasteiger partial charge in [-0.05, 0) is 47.8 Å². The lowest BCUT2D eigenvalue weighted by Crippen LogP contribution is -2.58. The van der Waals surface area contributed by atoms with E-state index in [4.69, 9.17) is 0 Å². The molecule has 3 heteroatoms. The number of nitrogens with one attached hydrogen (secondary N) is 1. The number of carbonyl (C=O) groups excluding carboxylic acids is 1. The summed E-state index contributed by atoms with van der Waals surface area (Å²) in [6, 6.07) is 7.87. The average Bonchev–Trinajstić information content (AvgIpc) is 2.50. The molecule has 1 aliphatic heterocycles. The van der Waals surface area contributed by atoms with Gasteiger partial charge < -0.3 is 10.2 Å². The summed E-state index contributed by atoms with van der Waals surface area (Å²) in [5.74, 6) is 1.48. The summed E-state index contributed by atoms with van der Waals surface area (Å²) in [5, 5.41) is 3.20. The quantitative estimate of drug-likeness (QED) is 0.802. The summed E-state index contributed by atoms with van der Waals surface area (Å²) >= 11 is 0. The van der Waals surface area contributed by atoms with E-state index in [1.54, 1.807) is 0 Å². The van der Waals surface area contributed by atoms with E-state index in [-0.39, 0.29) is 12.1 Å². The Morgan fingerprint density at radius 3 is 2.76 bits per heavy atom. The number of nitrogens with zero attached hydrogens (tertiary/aromatic N) is 1. The molecule has 3 nitrogen and oxygen atoms in total. The number of hydrogen-bond acceptors (Lipinski definition) is 2. The number of para-hydroxylation sites is 1. The van der Waals surface area contributed by atoms with Crippen LogP contribution in [0, 0.1) is 17.3 Å². The highest BCUT2D eigenvalue weighted by molar-refractivity contribution is 6.02. The second-order valence-corrected chi connectivity index (χ2v) is 7.25. The fourth-order valence-corrected chi connectivity index (χ4v) is 4.42. The molecule has 1 aromatic rings. The molecular formula is C18H22N2O. The summed E-state index contributed by atoms with van der Waals surface area (Å²) in [6.45, 7) is 4.74. The van der Waals surface area contributed by atoms with Crippen molar-refractivity contribution in [1.82, 2.24) is 5.32 Å². The van der Waals surface area contributed by atoms with Crippen LogP contribution < -0.4 is 10.2 Å². The smallest absolute Gasteiger partial charge is 0.255 e. The SMILES string of the molecule is CN1c2ccccc2C(=O)N[C@H]1C1=CC[C@H]2C[C@H]1C2(C)C. The molecule has 0 aromatic heterocycles. The first kappa shape index (κ1) is 12.9. The van der Waals surface area contributed by atoms with Crippen LogP contribution >= 0.6 is 0 Å². The lowest BCUT2D eigenvalue weighted by atomic mass is 9.48. The van der Waals surface area contributed by atoms with E-state index >= 15 is 0 Å². The maximum atomic E-state index is 12.4. The number of hydrogen-bond donors (Lipinski definition) is 1. The highest BCUT2D eigenvalue weighted by atomic mass is 16.2. The van der Waals surface area contributed by atoms with Crippen molar-refractivity contribution in [3.05, 3.63) is 41.5 Å². The monoisotopic (exact) mass is 282 g/mol. The number of carbonyl (C=O) groups is 1. The number of rotatable bonds is 1. The minimum absolute atomic E-state index is 0.0120. The Morgan fingerprint density at radius 2 is 2.05 bits per heavy atom. The Morgan fingerprint density at radius 1 is 1.29 bits per heavy atom. The molecule has 21 heavy (non-hydrogen) atoms. The Balaban J connectivity index is 1.72. The normalized spacial score (nSPS) is 32.7. The maximum absolute atomic E-state index is 12.4. The molecule has 0 spiro atoms. The van der Waals surface area contributed by atoms with Gasteiger partial charge in [0.1, 0.15) is 6.17 Å². The summed E-state index contributed by atoms with van der Waals surface area (Å²) in [4.78, 5) is 14.6. The molecule has 110 valence electrons. The van der Waals surface area contributed by atoms with Crippen molar-refractivity contribution in [3.63, 3.8) is 0 Å². The zero-order chi connectivity index (χ0) is 14.8. The highest BCUT2D eigenvalue weighted by Crippen LogP contribution is 2.60. The summed E-state index contributed by atoms with van der Waals surface area (Å²) in [7, 11) is 2.08. The van der Waals surface area contributed by atoms with E-state index in [0.717, 1.165) is 23.6 Å². The lowest BCUT2D eigenvalue weighted by molar-refractivity contribution is -0.0109. The first-order valence-electron chi connectivity index (χ1n) is 7.83. The number of amides is 1. The third-order valence-corrected chi connectivity index (χ3v) is 6.01. The van der Waals surface area contributed by atoms with E-state index in [9.17, 15) is 4.79 Å². The van der Waals surface area contributed by atoms with Gasteiger partial charge in [-0.15, -0.1) is 0 Å². The molecule has 3 atom stereocenters. The van der Waals surface area contributed by atoms with Gasteiger partial charge in [0.05, 0.1) is 11.3 Å². The first-order valence-corrected chi connectivity index (χ1v) is 7.83. The van der Waals surface area contributed by atoms with E-state index in [2.05, 4.69) is 37.2 Å². The van der Waals surface area contributed by atoms with Crippen molar-refractivity contribution >= 4 is 11.6 Å². The van der Waals surface area contributed by atoms with Crippen LogP contribution in [0.15, 0.2) is 35.9 Å². The zero-order valence-corrected chi connectivity index (χ0v) is 12.9. The molecule has 1 heterocycles. The molecule has 1 N–H and O–H groups in total. The standard InChI is InChI=1S/C18H22N2O/c1-18(2)11-8-9-12(14(18)10-11)16-19-17(21)13-6-4-5-7-15(13)20(16)3/h4-7,9,11,14,16H,8,10H2,1-3H3,(H,19,21)/t11-,14+,16+/m0/s1. The molecule has 0 radical (unpaired) electrons. The third kappa shape index (κ3) is 1.63. The summed E-state index contributed by atoms with van der Waals surface area (Å²) in [6.07, 6.45) is 4.82. The lowest BCUT2D eigenvalue weighted by Gasteiger charge is -2.58. The van der Waals surface area contributed by atoms with Crippen LogP contribution in [-0.2, 0) is 0 Å². The number of benzene rings is 1. The van der Waals surface area contributed by atoms with Crippen LogP contribution in [0.3, 0.4) is 0 Å². The molecule has 0 saturated heterocycles. The van der Waals surface area contributed by atoms with Crippen LogP contribution in [0.4, 0.5) is 5.69 Å². The van der Waals surface area contributed by atoms with Gasteiger partial charge in [0.2, 0.25) is 0 Å². The van der Waals surface area contributed by atoms with E-state index in [1.165, 1.54) is 12.0 Å². The third-order valence-electron chi connectivity index (χ3n) is 6.01. The predicted octanol–water partition coefficient (Wildman–Crippen LogP) is 3.18. The van der Waals surface area contributed by atoms with Crippen molar-refractivity contribution in [1.29, 1.82) is 0 Å². The van der Waals surface area contributed by atoms with Gasteiger partial charge in [-0.25, -0.2) is 0 Å². The Kier molecular flexibility index (Phi) is 2.54. The first-order chi connectivity index (χ1) is 10.00. The van der Waals surface area contributed by atoms with Crippen LogP contribution in [0.1, 0.15) is 37.0 Å². The van der Waals surface area contributed by atoms with Crippen LogP contribution in [-0.4, -0.2) is 19.1 Å². The van der Waals surface area contributed by atoms with E-state index in [0.29, 0.717) is 11.3 Å². The minimum atomic E-state index is 0.0120. The van der Waals surface area contributed by atoms with Crippen LogP contribution in [0.5, 0.6) is 0 Å². The van der Waals surface area contributed by atoms with Crippen molar-refractivity contribution in [2.24, 2.45) is 17.3 Å². The average molecular weight is 282 g/mol. The molecule has 1 fully saturated rings. The van der Waals surface area contributed by atoms with Crippen molar-refractivity contribution in [2.75, 3.05) is 11.9 Å². The Hall–Kier alpha value is -1.77. The minimum Gasteiger partial charge on any atom is -0.350 e. The second-order valence-electron chi connectivity index (χ2n) is 7.25. The molecule has 3 aliphatic carbocycles. The van der Waals surface area contributed by atoms with Gasteiger partial charge >= 0.3 is 0 Å². The van der Waals surface area contributed by atoms with Crippen LogP contribution in [0.2, 0.25) is 0 Å². The van der Waals surface area contributed by atoms with Gasteiger partial charge in [-0.3, -0.25) is 4.79 Å². The van der Waals surface area contributed by atoms with E-state index in [1.807, 2.05) is 24.3 Å². The van der Waals surface area contributed by atoms with Gasteiger partial charge in [0, 0.05) is 7.05 Å². The predicted molar refractivity (Wildman–Crippen MR) is 84.2 cm³/mol. The van der Waals surface area contributed by atoms with Crippen molar-refractivity contribution < 1.29 is 4.79 Å². The van der Waals surface area contributed by atoms with Gasteiger partial charge in [-0.2, -0.15) is 0 Å². The largest absolute Gasteiger partial charge is 0.350 e. The second kappa shape index (κ2) is 4.12. The molecule has 4 aliphatic rings. The summed E-state index contributed by atoms with van der Waals surface area (Å²) < 4.78 is 0. The molecule has 1 amide bonds. The van der Waals surface area contributed by atoms with Gasteiger partial charge in [-0.1, -0.05) is 32.1 Å². The fourth-order valence-electron chi connectivity index (χ4n) is 4.42. The number of fused-ring (bicyclic) bond motifs is 2. The van der Waals surface area contributed by atoms with E-state index < -0.39 is 0 Å². The number of anilines is 1. The van der Waals surface area contributed by atoms with Crippen LogP contribution in [0.25, 0.3) is 0 Å². The van der Waals surface area contributed by atoms with Crippen molar-refractivity contribution in [2.45, 2.75) is 32.9 Å². The molecule has 1 aromatic carbocycles. The van der Waals surface area contributed by atoms with Gasteiger partial charge in [0.15, 0.2) is 0 Å². The molecule has 2 bridgehead atoms. The highest BCUT2D eigenvalue weighted by Gasteiger charge is 2.53. The molecule has 1 saturated carbocycles. The topological polar surface area (TPSA) is 32.3 Å². The molecular weight excluding hydrogens is 260 g/mol. The Bertz CT molecular complexity index is 646. The van der Waals surface area contributed by atoms with Crippen molar-refractivity contribution in [3.8, 4) is 0 Å². The maximum Gasteiger partial charge on any atom is 0.255 e. The Labute approximate surface area is 126 Å². The molecule has 0 unspecified atom stereocenters. The molecule has 5 rings (SSSR count). The number of likely N-dealkylation sites (N-methyl/N-ethyl adjacent to an activating group) is 1. The fraction of sp³-hybridized carbons (Fsp3) is 0.500. The summed E-state index contributed by atoms with van der Waals surface area (Å²) in [5.41, 5.74) is 3.60. The van der Waals surface area contributed by atoms with Gasteiger partial charge in [0.25, 0.3) is 5.91 Å². The zero-order valence-electron chi connectivity index (χ0n) is 12.9.